The number of nitrogens with one attached hydrogen (secondary N) is 2. The van der Waals surface area contributed by atoms with Crippen LogP contribution in [0.4, 0.5) is 5.82 Å². The number of ketones is 1. The van der Waals surface area contributed by atoms with E-state index in [2.05, 4.69) is 50.4 Å². The number of aromatic nitrogens is 4. The zero-order valence-electron chi connectivity index (χ0n) is 57.9. The van der Waals surface area contributed by atoms with Gasteiger partial charge in [0.25, 0.3) is 15.6 Å². The van der Waals surface area contributed by atoms with E-state index in [4.69, 9.17) is 67.3 Å². The summed E-state index contributed by atoms with van der Waals surface area (Å²) < 4.78 is 127. The third-order valence-electron chi connectivity index (χ3n) is 13.8. The van der Waals surface area contributed by atoms with Gasteiger partial charge in [-0.15, -0.1) is 11.8 Å². The SMILES string of the molecule is CCCOCCOCCOCCOCCOCCOCCOCCOCCOCCOCCOCCOCCC(=O)CCCN1C(=O)CC(SCCNC(=O)CCNC(=O)[C@H](O)C(C)(C)COP(=O)([O-])OP(=O)([O-])OC[C@H]2O[C@@H](n3cnc4c(N)ncnc43)[C@@H](O)C2OP(=O)(O)O)C1=O.[Na+].[Na+]. The van der Waals surface area contributed by atoms with Gasteiger partial charge in [0, 0.05) is 63.1 Å². The van der Waals surface area contributed by atoms with Crippen molar-refractivity contribution in [2.75, 3.05) is 203 Å². The summed E-state index contributed by atoms with van der Waals surface area (Å²) >= 11 is 1.16. The Morgan fingerprint density at radius 3 is 1.65 bits per heavy atom. The molecule has 2 saturated heterocycles. The summed E-state index contributed by atoms with van der Waals surface area (Å²) in [5.41, 5.74) is 4.08. The number of nitrogens with zero attached hydrogens (tertiary/aromatic N) is 5. The molecule has 0 radical (unpaired) electrons. The van der Waals surface area contributed by atoms with Gasteiger partial charge in [-0.25, -0.2) is 23.8 Å². The summed E-state index contributed by atoms with van der Waals surface area (Å²) in [5, 5.41) is 25.9. The van der Waals surface area contributed by atoms with E-state index in [1.807, 2.05) is 0 Å². The zero-order valence-corrected chi connectivity index (χ0v) is 65.4. The average molecular weight is 1550 g/mol. The first kappa shape index (κ1) is 95.3. The van der Waals surface area contributed by atoms with Crippen molar-refractivity contribution in [3.63, 3.8) is 0 Å². The number of fused-ring (bicyclic) bond motifs is 1. The third-order valence-corrected chi connectivity index (χ3v) is 18.0. The first-order chi connectivity index (χ1) is 47.3. The second-order valence-corrected chi connectivity index (χ2v) is 27.7. The number of nitrogen functional groups attached to an aromatic ring is 1. The Hall–Kier alpha value is -1.78. The molecule has 0 bridgehead atoms. The van der Waals surface area contributed by atoms with Crippen LogP contribution in [-0.2, 0) is 117 Å². The van der Waals surface area contributed by atoms with E-state index in [9.17, 15) is 67.5 Å². The number of amides is 4. The standard InChI is InChI=1S/C56H99N8O31P3S.2Na/c1-4-12-79-14-16-81-18-20-83-22-24-85-26-28-87-30-32-89-34-35-90-33-31-88-29-27-86-25-23-84-21-19-82-17-15-80-13-8-42(65)6-5-11-63-46(67)37-44(54(63)71)99-36-10-58-45(66)7-9-59-53(70)50(69)56(2,3)39-92-98(77,78)95-97(75,76)91-38-43-49(94-96(72,73)74)48(68)55(93-43)64-41-62-47-51(57)60-40-61-52(47)64;;/h40-41,43-44,48-50,55,68-69H,4-39H2,1-3H3,(H,58,66)(H,59,70)(H,75,76)(H,77,78)(H2,57,60,61)(H2,72,73,74);;/q;2*+1/p-2/t43-,44?,48+,49?,50+,55-;;/m1../s1. The Morgan fingerprint density at radius 1 is 0.693 bits per heavy atom. The number of Topliss-reactive ketones (excluding diaryl/α,β-unsaturated/α-hetero) is 1. The van der Waals surface area contributed by atoms with Gasteiger partial charge in [0.1, 0.15) is 42.0 Å². The molecule has 4 rings (SSSR count). The monoisotopic (exact) mass is 1550 g/mol. The molecule has 570 valence electrons. The number of aliphatic hydroxyl groups is 2. The first-order valence-electron chi connectivity index (χ1n) is 32.1. The number of anilines is 1. The number of thioether (sulfide) groups is 1. The predicted octanol–water partition coefficient (Wildman–Crippen LogP) is -7.64. The molecule has 2 aromatic heterocycles. The quantitative estimate of drug-likeness (QED) is 0.0140. The number of imide groups is 1. The van der Waals surface area contributed by atoms with Crippen molar-refractivity contribution in [2.24, 2.45) is 5.41 Å². The number of nitrogens with two attached hydrogens (primary N) is 1. The topological polar surface area (TPSA) is 517 Å². The number of hydrogen-bond acceptors (Lipinski definition) is 34. The first-order valence-corrected chi connectivity index (χ1v) is 37.6. The van der Waals surface area contributed by atoms with Crippen LogP contribution in [-0.4, -0.2) is 301 Å². The number of aliphatic hydroxyl groups excluding tert-OH is 2. The van der Waals surface area contributed by atoms with Gasteiger partial charge in [-0.1, -0.05) is 20.8 Å². The van der Waals surface area contributed by atoms with Crippen LogP contribution >= 0.6 is 35.2 Å². The van der Waals surface area contributed by atoms with Crippen LogP contribution in [0.3, 0.4) is 0 Å². The Kier molecular flexibility index (Phi) is 50.9. The van der Waals surface area contributed by atoms with Gasteiger partial charge in [-0.2, -0.15) is 0 Å². The van der Waals surface area contributed by atoms with Gasteiger partial charge in [-0.05, 0) is 12.8 Å². The summed E-state index contributed by atoms with van der Waals surface area (Å²) in [4.78, 5) is 120. The minimum atomic E-state index is -5.94. The van der Waals surface area contributed by atoms with Gasteiger partial charge in [0.2, 0.25) is 23.6 Å². The maximum absolute atomic E-state index is 13.0. The number of phosphoric acid groups is 3. The number of imidazole rings is 1. The van der Waals surface area contributed by atoms with Crippen molar-refractivity contribution in [2.45, 2.75) is 95.2 Å². The van der Waals surface area contributed by atoms with Crippen LogP contribution in [0.2, 0.25) is 0 Å². The van der Waals surface area contributed by atoms with E-state index < -0.39 is 95.7 Å². The molecule has 0 aromatic carbocycles. The van der Waals surface area contributed by atoms with Gasteiger partial charge in [-0.3, -0.25) is 47.1 Å². The minimum absolute atomic E-state index is 0. The van der Waals surface area contributed by atoms with Gasteiger partial charge in [0.15, 0.2) is 17.7 Å². The molecule has 4 unspecified atom stereocenters. The van der Waals surface area contributed by atoms with Crippen molar-refractivity contribution < 1.29 is 206 Å². The van der Waals surface area contributed by atoms with E-state index in [1.165, 1.54) is 13.8 Å². The molecule has 45 heteroatoms. The number of carbonyl (C=O) groups excluding carboxylic acids is 5. The number of phosphoric ester groups is 3. The fraction of sp³-hybridized carbons (Fsp3) is 0.821. The van der Waals surface area contributed by atoms with E-state index in [1.54, 1.807) is 0 Å². The molecule has 2 fully saturated rings. The Labute approximate surface area is 634 Å². The van der Waals surface area contributed by atoms with Crippen LogP contribution < -0.4 is 85.3 Å². The molecular weight excluding hydrogens is 1450 g/mol. The number of carbonyl (C=O) groups is 5. The minimum Gasteiger partial charge on any atom is -0.756 e. The number of hydrogen-bond donors (Lipinski definition) is 7. The van der Waals surface area contributed by atoms with Gasteiger partial charge >= 0.3 is 66.9 Å². The molecule has 8 atom stereocenters. The molecule has 4 heterocycles. The maximum atomic E-state index is 13.0. The second-order valence-electron chi connectivity index (χ2n) is 22.2. The Bertz CT molecular complexity index is 2820. The number of likely N-dealkylation sites (tertiary alicyclic amines) is 1. The molecule has 2 aliphatic heterocycles. The molecule has 2 aliphatic rings. The molecule has 101 heavy (non-hydrogen) atoms. The number of ether oxygens (including phenoxy) is 13. The number of rotatable bonds is 62. The normalized spacial score (nSPS) is 18.7. The van der Waals surface area contributed by atoms with Crippen molar-refractivity contribution in [1.29, 1.82) is 0 Å². The Balaban J connectivity index is 0.0000173. The van der Waals surface area contributed by atoms with E-state index in [0.717, 1.165) is 46.9 Å². The second kappa shape index (κ2) is 53.9. The predicted molar refractivity (Wildman–Crippen MR) is 342 cm³/mol. The molecule has 39 nitrogen and oxygen atoms in total. The van der Waals surface area contributed by atoms with Crippen molar-refractivity contribution in [3.05, 3.63) is 12.7 Å². The van der Waals surface area contributed by atoms with E-state index in [-0.39, 0.29) is 158 Å². The smallest absolute Gasteiger partial charge is 0.756 e. The largest absolute Gasteiger partial charge is 1.00 e. The molecule has 0 spiro atoms. The van der Waals surface area contributed by atoms with Crippen LogP contribution in [0.1, 0.15) is 65.5 Å². The summed E-state index contributed by atoms with van der Waals surface area (Å²) in [6.45, 7) is 12.8. The third kappa shape index (κ3) is 40.8. The zero-order chi connectivity index (χ0) is 72.4. The van der Waals surface area contributed by atoms with E-state index >= 15 is 0 Å². The maximum Gasteiger partial charge on any atom is 1.00 e. The average Bonchev–Trinajstić information content (AvgIpc) is 1.62. The van der Waals surface area contributed by atoms with Crippen LogP contribution in [0, 0.1) is 5.41 Å². The van der Waals surface area contributed by atoms with Crippen LogP contribution in [0.25, 0.3) is 11.2 Å². The molecule has 4 amide bonds. The molecular formula is C56H97N8Na2O31P3S. The molecule has 0 aliphatic carbocycles. The summed E-state index contributed by atoms with van der Waals surface area (Å²) in [5.74, 6) is -2.27. The molecule has 2 aromatic rings. The van der Waals surface area contributed by atoms with E-state index in [0.29, 0.717) is 139 Å². The molecule has 0 saturated carbocycles. The Morgan fingerprint density at radius 2 is 1.17 bits per heavy atom. The summed E-state index contributed by atoms with van der Waals surface area (Å²) in [7, 11) is -17.2. The van der Waals surface area contributed by atoms with Crippen LogP contribution in [0.5, 0.6) is 0 Å². The van der Waals surface area contributed by atoms with Crippen molar-refractivity contribution >= 4 is 81.6 Å². The molecule has 8 N–H and O–H groups in total. The fourth-order valence-corrected chi connectivity index (χ4v) is 12.5. The van der Waals surface area contributed by atoms with Crippen molar-refractivity contribution in [3.8, 4) is 0 Å². The van der Waals surface area contributed by atoms with Crippen LogP contribution in [0.15, 0.2) is 12.7 Å². The van der Waals surface area contributed by atoms with Gasteiger partial charge in [0.05, 0.1) is 177 Å². The van der Waals surface area contributed by atoms with Gasteiger partial charge < -0.3 is 117 Å². The fourth-order valence-electron chi connectivity index (χ4n) is 8.75. The van der Waals surface area contributed by atoms with Crippen molar-refractivity contribution in [1.82, 2.24) is 35.1 Å². The summed E-state index contributed by atoms with van der Waals surface area (Å²) in [6.07, 6.45) is -5.94. The summed E-state index contributed by atoms with van der Waals surface area (Å²) in [6, 6.07) is 0.